The number of piperidine rings is 1. The van der Waals surface area contributed by atoms with Crippen molar-refractivity contribution in [1.29, 1.82) is 0 Å². The van der Waals surface area contributed by atoms with Crippen LogP contribution in [0.3, 0.4) is 0 Å². The maximum absolute atomic E-state index is 13.0. The van der Waals surface area contributed by atoms with Crippen molar-refractivity contribution in [2.45, 2.75) is 18.3 Å². The number of carbonyl (C=O) groups is 2. The second kappa shape index (κ2) is 8.74. The van der Waals surface area contributed by atoms with Crippen LogP contribution in [0.1, 0.15) is 28.8 Å². The molecule has 158 valence electrons. The number of rotatable bonds is 4. The summed E-state index contributed by atoms with van der Waals surface area (Å²) in [5, 5.41) is 10.9. The minimum atomic E-state index is -0.949. The molecule has 1 fully saturated rings. The number of aliphatic carboxylic acids is 1. The summed E-state index contributed by atoms with van der Waals surface area (Å²) in [4.78, 5) is 26.9. The number of hydrogen-bond donors (Lipinski definition) is 1. The predicted octanol–water partition coefficient (Wildman–Crippen LogP) is 5.92. The van der Waals surface area contributed by atoms with Crippen LogP contribution in [0.25, 0.3) is 11.1 Å². The number of halogens is 2. The lowest BCUT2D eigenvalue weighted by Gasteiger charge is -2.39. The van der Waals surface area contributed by atoms with Crippen molar-refractivity contribution in [2.75, 3.05) is 13.1 Å². The summed E-state index contributed by atoms with van der Waals surface area (Å²) in [6.45, 7) is 0.795. The Hall–Kier alpha value is -2.82. The molecule has 0 bridgehead atoms. The molecule has 1 aliphatic rings. The Bertz CT molecular complexity index is 1110. The minimum Gasteiger partial charge on any atom is -0.481 e. The van der Waals surface area contributed by atoms with Crippen molar-refractivity contribution in [1.82, 2.24) is 4.90 Å². The minimum absolute atomic E-state index is 0.0901. The van der Waals surface area contributed by atoms with Gasteiger partial charge in [0.1, 0.15) is 0 Å². The largest absolute Gasteiger partial charge is 0.481 e. The third-order valence-electron chi connectivity index (χ3n) is 6.02. The van der Waals surface area contributed by atoms with E-state index in [2.05, 4.69) is 0 Å². The quantitative estimate of drug-likeness (QED) is 0.533. The van der Waals surface area contributed by atoms with Gasteiger partial charge in [0.05, 0.1) is 15.5 Å². The second-order valence-electron chi connectivity index (χ2n) is 7.75. The van der Waals surface area contributed by atoms with E-state index in [0.717, 1.165) is 16.7 Å². The molecule has 4 rings (SSSR count). The molecule has 0 radical (unpaired) electrons. The molecule has 0 unspecified atom stereocenters. The van der Waals surface area contributed by atoms with E-state index < -0.39 is 11.4 Å². The summed E-state index contributed by atoms with van der Waals surface area (Å²) < 4.78 is 0. The molecule has 0 saturated carbocycles. The zero-order chi connectivity index (χ0) is 22.0. The molecule has 4 nitrogen and oxygen atoms in total. The number of amides is 1. The zero-order valence-corrected chi connectivity index (χ0v) is 18.2. The first-order chi connectivity index (χ1) is 14.9. The fraction of sp³-hybridized carbons (Fsp3) is 0.200. The molecule has 6 heteroatoms. The monoisotopic (exact) mass is 453 g/mol. The predicted molar refractivity (Wildman–Crippen MR) is 123 cm³/mol. The van der Waals surface area contributed by atoms with Crippen LogP contribution in [0.4, 0.5) is 0 Å². The van der Waals surface area contributed by atoms with Crippen molar-refractivity contribution < 1.29 is 14.7 Å². The number of carbonyl (C=O) groups excluding carboxylic acids is 1. The van der Waals surface area contributed by atoms with Gasteiger partial charge in [-0.3, -0.25) is 9.59 Å². The SMILES string of the molecule is O=C(c1ccc(-c2ccc(Cl)c(Cl)c2)cc1)N1CCC(C(=O)O)(c2ccccc2)CC1. The molecule has 3 aromatic carbocycles. The molecule has 0 aliphatic carbocycles. The number of hydrogen-bond acceptors (Lipinski definition) is 2. The third-order valence-corrected chi connectivity index (χ3v) is 6.76. The fourth-order valence-corrected chi connectivity index (χ4v) is 4.44. The first kappa shape index (κ1) is 21.4. The first-order valence-corrected chi connectivity index (χ1v) is 10.8. The molecule has 3 aromatic rings. The highest BCUT2D eigenvalue weighted by Crippen LogP contribution is 2.36. The van der Waals surface area contributed by atoms with Crippen molar-refractivity contribution in [3.63, 3.8) is 0 Å². The molecule has 0 atom stereocenters. The second-order valence-corrected chi connectivity index (χ2v) is 8.57. The number of carboxylic acids is 1. The number of nitrogens with zero attached hydrogens (tertiary/aromatic N) is 1. The van der Waals surface area contributed by atoms with Crippen LogP contribution < -0.4 is 0 Å². The smallest absolute Gasteiger partial charge is 0.314 e. The molecule has 0 spiro atoms. The van der Waals surface area contributed by atoms with E-state index >= 15 is 0 Å². The molecule has 1 N–H and O–H groups in total. The molecular weight excluding hydrogens is 433 g/mol. The van der Waals surface area contributed by atoms with E-state index in [1.165, 1.54) is 0 Å². The van der Waals surface area contributed by atoms with Crippen LogP contribution in [0.2, 0.25) is 10.0 Å². The number of carboxylic acid groups (broad SMARTS) is 1. The summed E-state index contributed by atoms with van der Waals surface area (Å²) in [7, 11) is 0. The molecule has 1 amide bonds. The highest BCUT2D eigenvalue weighted by atomic mass is 35.5. The molecule has 31 heavy (non-hydrogen) atoms. The molecule has 1 aliphatic heterocycles. The highest BCUT2D eigenvalue weighted by Gasteiger charge is 2.43. The van der Waals surface area contributed by atoms with Gasteiger partial charge in [-0.25, -0.2) is 0 Å². The Balaban J connectivity index is 1.48. The number of likely N-dealkylation sites (tertiary alicyclic amines) is 1. The van der Waals surface area contributed by atoms with E-state index in [4.69, 9.17) is 23.2 Å². The standard InChI is InChI=1S/C25H21Cl2NO3/c26-21-11-10-19(16-22(21)27)17-6-8-18(9-7-17)23(29)28-14-12-25(13-15-28,24(30)31)20-4-2-1-3-5-20/h1-11,16H,12-15H2,(H,30,31). The summed E-state index contributed by atoms with van der Waals surface area (Å²) in [5.41, 5.74) is 2.27. The van der Waals surface area contributed by atoms with Gasteiger partial charge >= 0.3 is 5.97 Å². The Morgan fingerprint density at radius 2 is 1.42 bits per heavy atom. The molecule has 1 saturated heterocycles. The molecule has 0 aromatic heterocycles. The van der Waals surface area contributed by atoms with Gasteiger partial charge in [0.15, 0.2) is 0 Å². The van der Waals surface area contributed by atoms with Crippen molar-refractivity contribution in [3.05, 3.63) is 94.0 Å². The lowest BCUT2D eigenvalue weighted by Crippen LogP contribution is -2.49. The van der Waals surface area contributed by atoms with Crippen LogP contribution in [0, 0.1) is 0 Å². The van der Waals surface area contributed by atoms with Crippen LogP contribution in [-0.4, -0.2) is 35.0 Å². The highest BCUT2D eigenvalue weighted by molar-refractivity contribution is 6.42. The van der Waals surface area contributed by atoms with E-state index in [0.29, 0.717) is 41.5 Å². The number of benzene rings is 3. The Kier molecular flexibility index (Phi) is 6.03. The van der Waals surface area contributed by atoms with Gasteiger partial charge in [0, 0.05) is 18.7 Å². The maximum Gasteiger partial charge on any atom is 0.314 e. The van der Waals surface area contributed by atoms with E-state index in [-0.39, 0.29) is 5.91 Å². The van der Waals surface area contributed by atoms with Gasteiger partial charge in [-0.2, -0.15) is 0 Å². The normalized spacial score (nSPS) is 15.5. The first-order valence-electron chi connectivity index (χ1n) is 10.0. The summed E-state index contributed by atoms with van der Waals surface area (Å²) in [6, 6.07) is 22.0. The lowest BCUT2D eigenvalue weighted by molar-refractivity contribution is -0.145. The van der Waals surface area contributed by atoms with Crippen LogP contribution in [0.15, 0.2) is 72.8 Å². The Morgan fingerprint density at radius 3 is 2.00 bits per heavy atom. The fourth-order valence-electron chi connectivity index (χ4n) is 4.14. The third kappa shape index (κ3) is 4.18. The van der Waals surface area contributed by atoms with Crippen LogP contribution in [0.5, 0.6) is 0 Å². The van der Waals surface area contributed by atoms with E-state index in [9.17, 15) is 14.7 Å². The van der Waals surface area contributed by atoms with Gasteiger partial charge in [-0.05, 0) is 53.8 Å². The average Bonchev–Trinajstić information content (AvgIpc) is 2.81. The summed E-state index contributed by atoms with van der Waals surface area (Å²) in [5.74, 6) is -0.926. The van der Waals surface area contributed by atoms with Gasteiger partial charge in [-0.15, -0.1) is 0 Å². The van der Waals surface area contributed by atoms with Crippen LogP contribution >= 0.6 is 23.2 Å². The van der Waals surface area contributed by atoms with Gasteiger partial charge in [0.2, 0.25) is 0 Å². The zero-order valence-electron chi connectivity index (χ0n) is 16.7. The average molecular weight is 454 g/mol. The molecular formula is C25H21Cl2NO3. The summed E-state index contributed by atoms with van der Waals surface area (Å²) in [6.07, 6.45) is 0.777. The topological polar surface area (TPSA) is 57.6 Å². The van der Waals surface area contributed by atoms with E-state index in [1.807, 2.05) is 48.5 Å². The van der Waals surface area contributed by atoms with Gasteiger partial charge < -0.3 is 10.0 Å². The van der Waals surface area contributed by atoms with Gasteiger partial charge in [0.25, 0.3) is 5.91 Å². The molecule has 1 heterocycles. The Labute approximate surface area is 191 Å². The maximum atomic E-state index is 13.0. The van der Waals surface area contributed by atoms with Gasteiger partial charge in [-0.1, -0.05) is 71.7 Å². The van der Waals surface area contributed by atoms with Crippen LogP contribution in [-0.2, 0) is 10.2 Å². The van der Waals surface area contributed by atoms with Crippen molar-refractivity contribution >= 4 is 35.1 Å². The van der Waals surface area contributed by atoms with Crippen molar-refractivity contribution in [2.24, 2.45) is 0 Å². The van der Waals surface area contributed by atoms with Crippen molar-refractivity contribution in [3.8, 4) is 11.1 Å². The van der Waals surface area contributed by atoms with E-state index in [1.54, 1.807) is 29.2 Å². The lowest BCUT2D eigenvalue weighted by atomic mass is 9.72. The summed E-state index contributed by atoms with van der Waals surface area (Å²) >= 11 is 12.1. The Morgan fingerprint density at radius 1 is 0.806 bits per heavy atom.